The molecule has 0 radical (unpaired) electrons. The number of H-pyrrole nitrogens is 1. The van der Waals surface area contributed by atoms with E-state index >= 15 is 8.78 Å². The lowest BCUT2D eigenvalue weighted by atomic mass is 9.75. The number of pyridine rings is 1. The summed E-state index contributed by atoms with van der Waals surface area (Å²) in [6.07, 6.45) is 5.42. The SMILES string of the molecule is Cn1nc2nc1-c1cc(ccn1)S(=O)(=O)c1c(F)c(F)c3[nH]ccc3c1CCS(=O)(=O)CC(C)(C)CCC[C@]2(C)c1cccc(CC2(C(=O)O)CC2)c1. The molecule has 2 N–H and O–H groups in total. The zero-order chi connectivity index (χ0) is 38.1. The minimum Gasteiger partial charge on any atom is -0.481 e. The molecule has 1 aliphatic carbocycles. The summed E-state index contributed by atoms with van der Waals surface area (Å²) >= 11 is 0. The van der Waals surface area contributed by atoms with E-state index in [1.54, 1.807) is 7.05 Å². The summed E-state index contributed by atoms with van der Waals surface area (Å²) in [5, 5.41) is 14.7. The van der Waals surface area contributed by atoms with Crippen molar-refractivity contribution >= 4 is 36.5 Å². The molecule has 2 aliphatic rings. The zero-order valence-electron chi connectivity index (χ0n) is 29.9. The molecule has 280 valence electrons. The van der Waals surface area contributed by atoms with E-state index in [1.807, 2.05) is 45.0 Å². The second-order valence-electron chi connectivity index (χ2n) is 15.6. The maximum absolute atomic E-state index is 16.0. The topological polar surface area (TPSA) is 165 Å². The van der Waals surface area contributed by atoms with Gasteiger partial charge in [0.25, 0.3) is 0 Å². The van der Waals surface area contributed by atoms with Crippen LogP contribution in [0, 0.1) is 22.5 Å². The molecule has 2 aromatic carbocycles. The summed E-state index contributed by atoms with van der Waals surface area (Å²) in [6, 6.07) is 11.5. The van der Waals surface area contributed by atoms with Crippen LogP contribution in [-0.4, -0.2) is 64.1 Å². The van der Waals surface area contributed by atoms with E-state index in [-0.39, 0.29) is 45.1 Å². The minimum absolute atomic E-state index is 0.0807. The summed E-state index contributed by atoms with van der Waals surface area (Å²) in [5.41, 5.74) is -0.856. The van der Waals surface area contributed by atoms with Crippen molar-refractivity contribution in [3.63, 3.8) is 0 Å². The molecular formula is C38H41F2N5O6S2. The van der Waals surface area contributed by atoms with Crippen molar-refractivity contribution in [1.82, 2.24) is 24.7 Å². The molecule has 15 heteroatoms. The van der Waals surface area contributed by atoms with Gasteiger partial charge in [-0.25, -0.2) is 35.3 Å². The van der Waals surface area contributed by atoms with E-state index in [0.717, 1.165) is 11.1 Å². The van der Waals surface area contributed by atoms with Gasteiger partial charge >= 0.3 is 5.97 Å². The molecule has 0 spiro atoms. The number of aryl methyl sites for hydroxylation is 2. The molecule has 1 atom stereocenters. The lowest BCUT2D eigenvalue weighted by Gasteiger charge is -2.31. The third kappa shape index (κ3) is 6.66. The van der Waals surface area contributed by atoms with E-state index < -0.39 is 64.2 Å². The molecule has 0 amide bonds. The summed E-state index contributed by atoms with van der Waals surface area (Å²) in [4.78, 5) is 22.6. The molecule has 4 bridgehead atoms. The van der Waals surface area contributed by atoms with Crippen LogP contribution >= 0.6 is 0 Å². The van der Waals surface area contributed by atoms with Gasteiger partial charge in [0.2, 0.25) is 9.84 Å². The number of carboxylic acid groups (broad SMARTS) is 1. The molecule has 1 fully saturated rings. The normalized spacial score (nSPS) is 22.0. The number of carboxylic acids is 1. The van der Waals surface area contributed by atoms with Gasteiger partial charge in [0, 0.05) is 24.8 Å². The van der Waals surface area contributed by atoms with Crippen LogP contribution in [0.5, 0.6) is 0 Å². The maximum Gasteiger partial charge on any atom is 0.309 e. The first-order valence-electron chi connectivity index (χ1n) is 17.5. The van der Waals surface area contributed by atoms with Gasteiger partial charge in [-0.2, -0.15) is 5.10 Å². The van der Waals surface area contributed by atoms with Crippen LogP contribution in [0.1, 0.15) is 75.4 Å². The molecular weight excluding hydrogens is 725 g/mol. The van der Waals surface area contributed by atoms with Gasteiger partial charge in [0.05, 0.1) is 32.7 Å². The molecule has 0 unspecified atom stereocenters. The number of aliphatic carboxylic acids is 1. The van der Waals surface area contributed by atoms with Crippen LogP contribution in [0.15, 0.2) is 64.6 Å². The van der Waals surface area contributed by atoms with E-state index in [0.29, 0.717) is 44.3 Å². The van der Waals surface area contributed by atoms with Crippen molar-refractivity contribution in [2.45, 2.75) is 80.9 Å². The van der Waals surface area contributed by atoms with Crippen LogP contribution in [0.25, 0.3) is 22.4 Å². The number of aromatic nitrogens is 5. The van der Waals surface area contributed by atoms with E-state index in [4.69, 9.17) is 10.1 Å². The predicted molar refractivity (Wildman–Crippen MR) is 194 cm³/mol. The van der Waals surface area contributed by atoms with Crippen molar-refractivity contribution < 1.29 is 35.5 Å². The Kier molecular flexibility index (Phi) is 8.91. The molecule has 7 rings (SSSR count). The van der Waals surface area contributed by atoms with E-state index in [9.17, 15) is 26.7 Å². The Morgan fingerprint density at radius 2 is 1.75 bits per heavy atom. The zero-order valence-corrected chi connectivity index (χ0v) is 31.5. The van der Waals surface area contributed by atoms with Crippen LogP contribution < -0.4 is 0 Å². The van der Waals surface area contributed by atoms with Gasteiger partial charge in [-0.1, -0.05) is 44.5 Å². The van der Waals surface area contributed by atoms with Gasteiger partial charge in [0.1, 0.15) is 10.6 Å². The lowest BCUT2D eigenvalue weighted by Crippen LogP contribution is -2.29. The highest BCUT2D eigenvalue weighted by Gasteiger charge is 2.50. The first-order chi connectivity index (χ1) is 24.9. The number of nitrogens with one attached hydrogen (secondary N) is 1. The Hall–Kier alpha value is -4.50. The van der Waals surface area contributed by atoms with Gasteiger partial charge in [0.15, 0.2) is 33.1 Å². The van der Waals surface area contributed by atoms with Crippen LogP contribution in [0.3, 0.4) is 0 Å². The average molecular weight is 766 g/mol. The fraction of sp³-hybridized carbons (Fsp3) is 0.421. The number of hydrogen-bond donors (Lipinski definition) is 2. The molecule has 3 aromatic heterocycles. The summed E-state index contributed by atoms with van der Waals surface area (Å²) < 4.78 is 88.9. The summed E-state index contributed by atoms with van der Waals surface area (Å²) in [6.45, 7) is 5.70. The van der Waals surface area contributed by atoms with Crippen molar-refractivity contribution in [1.29, 1.82) is 0 Å². The molecule has 4 heterocycles. The lowest BCUT2D eigenvalue weighted by molar-refractivity contribution is -0.143. The van der Waals surface area contributed by atoms with Crippen LogP contribution in [0.4, 0.5) is 8.78 Å². The van der Waals surface area contributed by atoms with Crippen molar-refractivity contribution in [3.05, 3.63) is 89.0 Å². The Morgan fingerprint density at radius 1 is 1.00 bits per heavy atom. The molecule has 1 aliphatic heterocycles. The number of halogens is 2. The Bertz CT molecular complexity index is 2510. The number of aromatic amines is 1. The van der Waals surface area contributed by atoms with Crippen molar-refractivity contribution in [2.75, 3.05) is 11.5 Å². The Labute approximate surface area is 306 Å². The fourth-order valence-corrected chi connectivity index (χ4v) is 11.4. The first-order valence-corrected chi connectivity index (χ1v) is 20.8. The maximum atomic E-state index is 16.0. The molecule has 5 aromatic rings. The van der Waals surface area contributed by atoms with Crippen LogP contribution in [-0.2, 0) is 49.8 Å². The van der Waals surface area contributed by atoms with E-state index in [1.165, 1.54) is 35.3 Å². The molecule has 1 saturated carbocycles. The smallest absolute Gasteiger partial charge is 0.309 e. The quantitative estimate of drug-likeness (QED) is 0.212. The number of sulfone groups is 2. The second-order valence-corrected chi connectivity index (χ2v) is 19.7. The Balaban J connectivity index is 1.40. The standard InChI is InChI=1S/C38H41F2N5O6S2/c1-36(2)12-6-13-37(3,24-8-5-7-23(19-24)21-38(14-15-38)35(46)47)34-43-33(45(4)44-34)28-20-25(9-16-41-28)53(50,51)32-27(11-18-52(48,49)22-36)26-10-17-42-31(26)29(39)30(32)40/h5,7-10,16-17,19-20,42H,6,11-15,18,21-22H2,1-4H3,(H,46,47)/t37-/m1/s1. The third-order valence-electron chi connectivity index (χ3n) is 11.0. The molecule has 53 heavy (non-hydrogen) atoms. The fourth-order valence-electron chi connectivity index (χ4n) is 7.79. The number of hydrogen-bond acceptors (Lipinski definition) is 8. The third-order valence-corrected chi connectivity index (χ3v) is 14.9. The predicted octanol–water partition coefficient (Wildman–Crippen LogP) is 6.35. The highest BCUT2D eigenvalue weighted by atomic mass is 32.2. The summed E-state index contributed by atoms with van der Waals surface area (Å²) in [7, 11) is -6.96. The number of carbonyl (C=O) groups is 1. The van der Waals surface area contributed by atoms with Crippen molar-refractivity contribution in [3.8, 4) is 11.5 Å². The van der Waals surface area contributed by atoms with Gasteiger partial charge < -0.3 is 10.1 Å². The molecule has 0 saturated heterocycles. The number of fused-ring (bicyclic) bond motifs is 8. The van der Waals surface area contributed by atoms with E-state index in [2.05, 4.69) is 9.97 Å². The van der Waals surface area contributed by atoms with Gasteiger partial charge in [-0.3, -0.25) is 9.78 Å². The molecule has 11 nitrogen and oxygen atoms in total. The minimum atomic E-state index is -4.78. The summed E-state index contributed by atoms with van der Waals surface area (Å²) in [5.74, 6) is -3.86. The van der Waals surface area contributed by atoms with Crippen molar-refractivity contribution in [2.24, 2.45) is 17.9 Å². The number of nitrogens with zero attached hydrogens (tertiary/aromatic N) is 4. The van der Waals surface area contributed by atoms with Crippen LogP contribution in [0.2, 0.25) is 0 Å². The average Bonchev–Trinajstić information content (AvgIpc) is 3.51. The number of rotatable bonds is 4. The van der Waals surface area contributed by atoms with Gasteiger partial charge in [-0.05, 0) is 85.8 Å². The highest BCUT2D eigenvalue weighted by molar-refractivity contribution is 7.92. The van der Waals surface area contributed by atoms with Gasteiger partial charge in [-0.15, -0.1) is 0 Å². The Morgan fingerprint density at radius 3 is 2.47 bits per heavy atom. The highest BCUT2D eigenvalue weighted by Crippen LogP contribution is 2.49. The monoisotopic (exact) mass is 765 g/mol. The first kappa shape index (κ1) is 36.8. The largest absolute Gasteiger partial charge is 0.481 e. The second kappa shape index (κ2) is 12.8. The number of benzene rings is 2.